The molecule has 1 aromatic carbocycles. The molecule has 0 fully saturated rings. The van der Waals surface area contributed by atoms with E-state index in [1.54, 1.807) is 26.3 Å². The fourth-order valence-electron chi connectivity index (χ4n) is 1.62. The van der Waals surface area contributed by atoms with Crippen molar-refractivity contribution >= 4 is 23.2 Å². The lowest BCUT2D eigenvalue weighted by molar-refractivity contribution is -0.118. The summed E-state index contributed by atoms with van der Waals surface area (Å²) in [6.07, 6.45) is 0.0746. The number of hydrogen-bond acceptors (Lipinski definition) is 3. The molecule has 0 atom stereocenters. The normalized spacial score (nSPS) is 10.2. The van der Waals surface area contributed by atoms with E-state index in [0.717, 1.165) is 5.56 Å². The Bertz CT molecular complexity index is 420. The second kappa shape index (κ2) is 5.89. The molecule has 0 spiro atoms. The SMILES string of the molecule is COc1c(C)cc(Cl)cc1N(C)C(=O)CCO. The third-order valence-corrected chi connectivity index (χ3v) is 2.70. The van der Waals surface area contributed by atoms with Crippen molar-refractivity contribution in [3.8, 4) is 5.75 Å². The minimum absolute atomic E-state index is 0.0746. The van der Waals surface area contributed by atoms with Crippen LogP contribution in [0.3, 0.4) is 0 Å². The van der Waals surface area contributed by atoms with Crippen LogP contribution in [-0.2, 0) is 4.79 Å². The highest BCUT2D eigenvalue weighted by atomic mass is 35.5. The first kappa shape index (κ1) is 13.8. The molecular weight excluding hydrogens is 242 g/mol. The van der Waals surface area contributed by atoms with Crippen molar-refractivity contribution in [1.29, 1.82) is 0 Å². The molecule has 1 rings (SSSR count). The van der Waals surface area contributed by atoms with Gasteiger partial charge in [0.05, 0.1) is 25.8 Å². The highest BCUT2D eigenvalue weighted by Gasteiger charge is 2.17. The predicted molar refractivity (Wildman–Crippen MR) is 67.9 cm³/mol. The van der Waals surface area contributed by atoms with Crippen molar-refractivity contribution in [1.82, 2.24) is 0 Å². The quantitative estimate of drug-likeness (QED) is 0.898. The molecule has 0 saturated heterocycles. The topological polar surface area (TPSA) is 49.8 Å². The molecule has 0 aliphatic rings. The van der Waals surface area contributed by atoms with E-state index >= 15 is 0 Å². The maximum absolute atomic E-state index is 11.7. The molecule has 0 aliphatic carbocycles. The second-order valence-electron chi connectivity index (χ2n) is 3.70. The molecule has 1 aromatic rings. The number of nitrogens with zero attached hydrogens (tertiary/aromatic N) is 1. The molecule has 94 valence electrons. The zero-order valence-corrected chi connectivity index (χ0v) is 10.9. The van der Waals surface area contributed by atoms with Crippen LogP contribution in [0.2, 0.25) is 5.02 Å². The molecule has 0 bridgehead atoms. The molecule has 0 radical (unpaired) electrons. The summed E-state index contributed by atoms with van der Waals surface area (Å²) in [5.74, 6) is 0.427. The van der Waals surface area contributed by atoms with Crippen molar-refractivity contribution in [2.75, 3.05) is 25.7 Å². The van der Waals surface area contributed by atoms with E-state index in [1.165, 1.54) is 4.90 Å². The van der Waals surface area contributed by atoms with Gasteiger partial charge in [0.1, 0.15) is 5.75 Å². The van der Waals surface area contributed by atoms with Gasteiger partial charge in [0.25, 0.3) is 0 Å². The predicted octanol–water partition coefficient (Wildman–Crippen LogP) is 2.00. The Morgan fingerprint density at radius 2 is 2.18 bits per heavy atom. The summed E-state index contributed by atoms with van der Waals surface area (Å²) in [5, 5.41) is 9.31. The van der Waals surface area contributed by atoms with Crippen molar-refractivity contribution < 1.29 is 14.6 Å². The Kier molecular flexibility index (Phi) is 4.78. The lowest BCUT2D eigenvalue weighted by Crippen LogP contribution is -2.27. The van der Waals surface area contributed by atoms with E-state index in [4.69, 9.17) is 21.4 Å². The molecule has 1 amide bonds. The van der Waals surface area contributed by atoms with E-state index in [1.807, 2.05) is 6.92 Å². The Morgan fingerprint density at radius 3 is 2.71 bits per heavy atom. The molecular formula is C12H16ClNO3. The minimum Gasteiger partial charge on any atom is -0.494 e. The number of hydrogen-bond donors (Lipinski definition) is 1. The standard InChI is InChI=1S/C12H16ClNO3/c1-8-6-9(13)7-10(12(8)17-3)14(2)11(16)4-5-15/h6-7,15H,4-5H2,1-3H3. The third kappa shape index (κ3) is 3.11. The summed E-state index contributed by atoms with van der Waals surface area (Å²) in [4.78, 5) is 13.1. The number of carbonyl (C=O) groups excluding carboxylic acids is 1. The van der Waals surface area contributed by atoms with Gasteiger partial charge in [-0.25, -0.2) is 0 Å². The van der Waals surface area contributed by atoms with Gasteiger partial charge in [0.15, 0.2) is 0 Å². The van der Waals surface area contributed by atoms with Gasteiger partial charge >= 0.3 is 0 Å². The van der Waals surface area contributed by atoms with Gasteiger partial charge < -0.3 is 14.7 Å². The van der Waals surface area contributed by atoms with E-state index in [2.05, 4.69) is 0 Å². The minimum atomic E-state index is -0.188. The average molecular weight is 258 g/mol. The van der Waals surface area contributed by atoms with Crippen LogP contribution in [0.25, 0.3) is 0 Å². The Hall–Kier alpha value is -1.26. The smallest absolute Gasteiger partial charge is 0.229 e. The largest absolute Gasteiger partial charge is 0.494 e. The van der Waals surface area contributed by atoms with Crippen molar-refractivity contribution in [3.63, 3.8) is 0 Å². The number of benzene rings is 1. The number of methoxy groups -OCH3 is 1. The summed E-state index contributed by atoms with van der Waals surface area (Å²) < 4.78 is 5.27. The average Bonchev–Trinajstić information content (AvgIpc) is 2.27. The van der Waals surface area contributed by atoms with Crippen LogP contribution in [0.15, 0.2) is 12.1 Å². The summed E-state index contributed by atoms with van der Waals surface area (Å²) in [6, 6.07) is 3.44. The number of aryl methyl sites for hydroxylation is 1. The number of anilines is 1. The molecule has 4 nitrogen and oxygen atoms in total. The lowest BCUT2D eigenvalue weighted by atomic mass is 10.1. The maximum Gasteiger partial charge on any atom is 0.229 e. The number of halogens is 1. The van der Waals surface area contributed by atoms with Crippen molar-refractivity contribution in [2.24, 2.45) is 0 Å². The van der Waals surface area contributed by atoms with Crippen LogP contribution in [0.5, 0.6) is 5.75 Å². The van der Waals surface area contributed by atoms with E-state index < -0.39 is 0 Å². The zero-order valence-electron chi connectivity index (χ0n) is 10.2. The Morgan fingerprint density at radius 1 is 1.53 bits per heavy atom. The summed E-state index contributed by atoms with van der Waals surface area (Å²) in [7, 11) is 3.18. The first-order valence-electron chi connectivity index (χ1n) is 5.22. The van der Waals surface area contributed by atoms with Crippen LogP contribution in [-0.4, -0.2) is 31.8 Å². The first-order chi connectivity index (χ1) is 8.01. The first-order valence-corrected chi connectivity index (χ1v) is 5.60. The molecule has 0 unspecified atom stereocenters. The van der Waals surface area contributed by atoms with Crippen LogP contribution < -0.4 is 9.64 Å². The van der Waals surface area contributed by atoms with Gasteiger partial charge in [-0.15, -0.1) is 0 Å². The van der Waals surface area contributed by atoms with Crippen molar-refractivity contribution in [3.05, 3.63) is 22.7 Å². The van der Waals surface area contributed by atoms with E-state index in [9.17, 15) is 4.79 Å². The van der Waals surface area contributed by atoms with Crippen LogP contribution in [0.4, 0.5) is 5.69 Å². The van der Waals surface area contributed by atoms with Gasteiger partial charge in [0.2, 0.25) is 5.91 Å². The fourth-order valence-corrected chi connectivity index (χ4v) is 1.89. The van der Waals surface area contributed by atoms with Crippen LogP contribution in [0, 0.1) is 6.92 Å². The van der Waals surface area contributed by atoms with Gasteiger partial charge in [-0.2, -0.15) is 0 Å². The number of ether oxygens (including phenoxy) is 1. The number of aliphatic hydroxyl groups is 1. The molecule has 0 aromatic heterocycles. The Labute approximate surface area is 106 Å². The van der Waals surface area contributed by atoms with Gasteiger partial charge in [-0.3, -0.25) is 4.79 Å². The second-order valence-corrected chi connectivity index (χ2v) is 4.14. The number of aliphatic hydroxyl groups excluding tert-OH is 1. The highest BCUT2D eigenvalue weighted by Crippen LogP contribution is 2.34. The van der Waals surface area contributed by atoms with Crippen LogP contribution in [0.1, 0.15) is 12.0 Å². The molecule has 0 aliphatic heterocycles. The van der Waals surface area contributed by atoms with E-state index in [0.29, 0.717) is 16.5 Å². The van der Waals surface area contributed by atoms with Crippen molar-refractivity contribution in [2.45, 2.75) is 13.3 Å². The Balaban J connectivity index is 3.15. The molecule has 0 saturated carbocycles. The molecule has 5 heteroatoms. The number of amides is 1. The molecule has 17 heavy (non-hydrogen) atoms. The summed E-state index contributed by atoms with van der Waals surface area (Å²) in [5.41, 5.74) is 1.47. The maximum atomic E-state index is 11.7. The summed E-state index contributed by atoms with van der Waals surface area (Å²) >= 11 is 5.96. The fraction of sp³-hybridized carbons (Fsp3) is 0.417. The monoisotopic (exact) mass is 257 g/mol. The molecule has 1 N–H and O–H groups in total. The van der Waals surface area contributed by atoms with E-state index in [-0.39, 0.29) is 18.9 Å². The molecule has 0 heterocycles. The van der Waals surface area contributed by atoms with Crippen LogP contribution >= 0.6 is 11.6 Å². The van der Waals surface area contributed by atoms with Gasteiger partial charge in [-0.1, -0.05) is 11.6 Å². The number of carbonyl (C=O) groups is 1. The highest BCUT2D eigenvalue weighted by molar-refractivity contribution is 6.31. The zero-order chi connectivity index (χ0) is 13.0. The number of rotatable bonds is 4. The van der Waals surface area contributed by atoms with Gasteiger partial charge in [0, 0.05) is 12.1 Å². The lowest BCUT2D eigenvalue weighted by Gasteiger charge is -2.21. The van der Waals surface area contributed by atoms with Gasteiger partial charge in [-0.05, 0) is 24.6 Å². The summed E-state index contributed by atoms with van der Waals surface area (Å²) in [6.45, 7) is 1.68. The third-order valence-electron chi connectivity index (χ3n) is 2.49.